The molecule has 0 saturated carbocycles. The predicted octanol–water partition coefficient (Wildman–Crippen LogP) is 2.75. The van der Waals surface area contributed by atoms with Crippen molar-refractivity contribution in [1.29, 1.82) is 0 Å². The number of aromatic nitrogens is 2. The van der Waals surface area contributed by atoms with Gasteiger partial charge in [-0.2, -0.15) is 0 Å². The molecule has 1 aliphatic heterocycles. The molecule has 3 heterocycles. The van der Waals surface area contributed by atoms with Crippen LogP contribution >= 0.6 is 0 Å². The first-order chi connectivity index (χ1) is 12.8. The highest BCUT2D eigenvalue weighted by Gasteiger charge is 2.23. The summed E-state index contributed by atoms with van der Waals surface area (Å²) in [5.41, 5.74) is 2.60. The molecule has 7 nitrogen and oxygen atoms in total. The van der Waals surface area contributed by atoms with Gasteiger partial charge in [0, 0.05) is 18.7 Å². The average molecular weight is 353 g/mol. The fourth-order valence-corrected chi connectivity index (χ4v) is 3.06. The number of imidazole rings is 1. The van der Waals surface area contributed by atoms with Crippen LogP contribution in [0.3, 0.4) is 0 Å². The fraction of sp³-hybridized carbons (Fsp3) is 0.263. The minimum Gasteiger partial charge on any atom is -0.457 e. The van der Waals surface area contributed by atoms with Crippen LogP contribution in [0.15, 0.2) is 53.2 Å². The van der Waals surface area contributed by atoms with E-state index in [1.165, 1.54) is 0 Å². The summed E-state index contributed by atoms with van der Waals surface area (Å²) in [6.07, 6.45) is 1.47. The first kappa shape index (κ1) is 16.4. The van der Waals surface area contributed by atoms with Crippen LogP contribution in [0.5, 0.6) is 0 Å². The van der Waals surface area contributed by atoms with Crippen molar-refractivity contribution in [3.05, 3.63) is 54.6 Å². The molecular formula is C19H19N3O4. The summed E-state index contributed by atoms with van der Waals surface area (Å²) < 4.78 is 12.7. The number of cyclic esters (lactones) is 1. The third kappa shape index (κ3) is 3.09. The molecule has 1 amide bonds. The molecule has 26 heavy (non-hydrogen) atoms. The molecule has 1 aliphatic rings. The Morgan fingerprint density at radius 1 is 1.12 bits per heavy atom. The Morgan fingerprint density at radius 3 is 2.65 bits per heavy atom. The molecule has 1 fully saturated rings. The third-order valence-electron chi connectivity index (χ3n) is 4.39. The molecule has 1 saturated heterocycles. The molecule has 4 rings (SSSR count). The van der Waals surface area contributed by atoms with Crippen LogP contribution in [0.25, 0.3) is 22.7 Å². The average Bonchev–Trinajstić information content (AvgIpc) is 3.39. The van der Waals surface area contributed by atoms with Gasteiger partial charge in [-0.3, -0.25) is 0 Å². The maximum absolute atomic E-state index is 11.7. The highest BCUT2D eigenvalue weighted by atomic mass is 16.6. The van der Waals surface area contributed by atoms with Gasteiger partial charge in [-0.05, 0) is 12.1 Å². The van der Waals surface area contributed by atoms with E-state index in [2.05, 4.69) is 4.98 Å². The van der Waals surface area contributed by atoms with Crippen molar-refractivity contribution >= 4 is 6.09 Å². The molecule has 1 N–H and O–H groups in total. The summed E-state index contributed by atoms with van der Waals surface area (Å²) in [5.74, 6) is 1.13. The first-order valence-corrected chi connectivity index (χ1v) is 8.48. The van der Waals surface area contributed by atoms with Crippen molar-refractivity contribution in [2.75, 3.05) is 19.7 Å². The molecule has 1 aromatic carbocycles. The molecule has 7 heteroatoms. The molecule has 0 radical (unpaired) electrons. The number of aliphatic hydroxyl groups excluding tert-OH is 1. The van der Waals surface area contributed by atoms with Gasteiger partial charge in [0.15, 0.2) is 5.76 Å². The van der Waals surface area contributed by atoms with Gasteiger partial charge < -0.3 is 23.7 Å². The summed E-state index contributed by atoms with van der Waals surface area (Å²) in [7, 11) is 0. The lowest BCUT2D eigenvalue weighted by Crippen LogP contribution is -2.28. The number of hydrogen-bond donors (Lipinski definition) is 1. The highest BCUT2D eigenvalue weighted by molar-refractivity contribution is 5.76. The van der Waals surface area contributed by atoms with E-state index in [4.69, 9.17) is 9.15 Å². The zero-order valence-corrected chi connectivity index (χ0v) is 14.2. The summed E-state index contributed by atoms with van der Waals surface area (Å²) >= 11 is 0. The molecular weight excluding hydrogens is 334 g/mol. The van der Waals surface area contributed by atoms with Gasteiger partial charge in [0.05, 0.1) is 18.6 Å². The second kappa shape index (κ2) is 7.05. The van der Waals surface area contributed by atoms with Crippen LogP contribution in [0, 0.1) is 0 Å². The standard InChI is InChI=1S/C19H19N3O4/c23-12-15-6-7-16(26-15)18-17(14-4-2-1-3-5-14)20-13-22(18)9-8-21-10-11-25-19(21)24/h1-7,13,23H,8-12H2. The van der Waals surface area contributed by atoms with Crippen molar-refractivity contribution in [2.45, 2.75) is 13.2 Å². The summed E-state index contributed by atoms with van der Waals surface area (Å²) in [6.45, 7) is 1.98. The maximum Gasteiger partial charge on any atom is 0.410 e. The number of carbonyl (C=O) groups is 1. The monoisotopic (exact) mass is 353 g/mol. The lowest BCUT2D eigenvalue weighted by Gasteiger charge is -2.14. The van der Waals surface area contributed by atoms with Crippen LogP contribution < -0.4 is 0 Å². The molecule has 134 valence electrons. The predicted molar refractivity (Wildman–Crippen MR) is 94.2 cm³/mol. The lowest BCUT2D eigenvalue weighted by atomic mass is 10.1. The Labute approximate surface area is 150 Å². The number of benzene rings is 1. The highest BCUT2D eigenvalue weighted by Crippen LogP contribution is 2.32. The quantitative estimate of drug-likeness (QED) is 0.737. The molecule has 0 unspecified atom stereocenters. The maximum atomic E-state index is 11.7. The number of carbonyl (C=O) groups excluding carboxylic acids is 1. The van der Waals surface area contributed by atoms with Crippen LogP contribution in [-0.2, 0) is 17.9 Å². The smallest absolute Gasteiger partial charge is 0.410 e. The molecule has 3 aromatic rings. The number of hydrogen-bond acceptors (Lipinski definition) is 5. The van der Waals surface area contributed by atoms with Crippen molar-refractivity contribution in [3.8, 4) is 22.7 Å². The normalized spacial score (nSPS) is 14.0. The third-order valence-corrected chi connectivity index (χ3v) is 4.39. The van der Waals surface area contributed by atoms with Crippen molar-refractivity contribution < 1.29 is 19.1 Å². The number of aliphatic hydroxyl groups is 1. The number of amides is 1. The minimum atomic E-state index is -0.282. The molecule has 0 atom stereocenters. The van der Waals surface area contributed by atoms with Crippen LogP contribution in [-0.4, -0.2) is 45.3 Å². The molecule has 0 spiro atoms. The van der Waals surface area contributed by atoms with Gasteiger partial charge in [0.2, 0.25) is 0 Å². The molecule has 2 aromatic heterocycles. The van der Waals surface area contributed by atoms with E-state index >= 15 is 0 Å². The summed E-state index contributed by atoms with van der Waals surface area (Å²) in [5, 5.41) is 9.31. The largest absolute Gasteiger partial charge is 0.457 e. The number of furan rings is 1. The Balaban J connectivity index is 1.69. The second-order valence-electron chi connectivity index (χ2n) is 6.03. The van der Waals surface area contributed by atoms with E-state index in [0.29, 0.717) is 37.8 Å². The van der Waals surface area contributed by atoms with Gasteiger partial charge in [-0.25, -0.2) is 9.78 Å². The number of nitrogens with zero attached hydrogens (tertiary/aromatic N) is 3. The minimum absolute atomic E-state index is 0.158. The lowest BCUT2D eigenvalue weighted by molar-refractivity contribution is 0.157. The number of rotatable bonds is 6. The number of ether oxygens (including phenoxy) is 1. The zero-order valence-electron chi connectivity index (χ0n) is 14.2. The van der Waals surface area contributed by atoms with Crippen LogP contribution in [0.2, 0.25) is 0 Å². The van der Waals surface area contributed by atoms with Gasteiger partial charge >= 0.3 is 6.09 Å². The van der Waals surface area contributed by atoms with E-state index in [-0.39, 0.29) is 12.7 Å². The summed E-state index contributed by atoms with van der Waals surface area (Å²) in [4.78, 5) is 17.9. The van der Waals surface area contributed by atoms with E-state index in [1.807, 2.05) is 41.0 Å². The van der Waals surface area contributed by atoms with Crippen molar-refractivity contribution in [3.63, 3.8) is 0 Å². The summed E-state index contributed by atoms with van der Waals surface area (Å²) in [6, 6.07) is 13.4. The Morgan fingerprint density at radius 2 is 1.96 bits per heavy atom. The zero-order chi connectivity index (χ0) is 17.9. The van der Waals surface area contributed by atoms with Gasteiger partial charge in [0.1, 0.15) is 24.7 Å². The van der Waals surface area contributed by atoms with Crippen molar-refractivity contribution in [1.82, 2.24) is 14.5 Å². The van der Waals surface area contributed by atoms with E-state index in [0.717, 1.165) is 17.0 Å². The van der Waals surface area contributed by atoms with Gasteiger partial charge in [-0.15, -0.1) is 0 Å². The Kier molecular flexibility index (Phi) is 4.45. The van der Waals surface area contributed by atoms with Crippen LogP contribution in [0.4, 0.5) is 4.79 Å². The van der Waals surface area contributed by atoms with Crippen LogP contribution in [0.1, 0.15) is 5.76 Å². The first-order valence-electron chi connectivity index (χ1n) is 8.48. The van der Waals surface area contributed by atoms with E-state index in [9.17, 15) is 9.90 Å². The van der Waals surface area contributed by atoms with Crippen molar-refractivity contribution in [2.24, 2.45) is 0 Å². The van der Waals surface area contributed by atoms with E-state index in [1.54, 1.807) is 17.3 Å². The Hall–Kier alpha value is -3.06. The van der Waals surface area contributed by atoms with Gasteiger partial charge in [0.25, 0.3) is 0 Å². The van der Waals surface area contributed by atoms with Gasteiger partial charge in [-0.1, -0.05) is 30.3 Å². The fourth-order valence-electron chi connectivity index (χ4n) is 3.06. The van der Waals surface area contributed by atoms with E-state index < -0.39 is 0 Å². The topological polar surface area (TPSA) is 80.7 Å². The second-order valence-corrected chi connectivity index (χ2v) is 6.03. The molecule has 0 aliphatic carbocycles. The SMILES string of the molecule is O=C1OCCN1CCn1cnc(-c2ccccc2)c1-c1ccc(CO)o1. The Bertz CT molecular complexity index is 901. The molecule has 0 bridgehead atoms.